The maximum atomic E-state index is 5.34. The number of hydrogen-bond donors (Lipinski definition) is 0. The van der Waals surface area contributed by atoms with Crippen molar-refractivity contribution in [1.82, 2.24) is 4.98 Å². The average molecular weight is 109 g/mol. The lowest BCUT2D eigenvalue weighted by Crippen LogP contribution is -2.04. The Hall–Kier alpha value is -0.305. The molecule has 0 saturated carbocycles. The second-order valence-corrected chi connectivity index (χ2v) is 2.35. The minimum atomic E-state index is 0.657. The first-order valence-electron chi connectivity index (χ1n) is 1.96. The SMILES string of the molecule is [B]c1ncsc1C. The normalized spacial score (nSPS) is 9.29. The number of rotatable bonds is 0. The van der Waals surface area contributed by atoms with Gasteiger partial charge in [-0.1, -0.05) is 0 Å². The van der Waals surface area contributed by atoms with Crippen LogP contribution in [-0.2, 0) is 0 Å². The Morgan fingerprint density at radius 1 is 1.86 bits per heavy atom. The maximum absolute atomic E-state index is 5.34. The monoisotopic (exact) mass is 109 g/mol. The third-order valence-corrected chi connectivity index (χ3v) is 1.56. The lowest BCUT2D eigenvalue weighted by molar-refractivity contribution is 1.46. The highest BCUT2D eigenvalue weighted by atomic mass is 32.1. The topological polar surface area (TPSA) is 12.9 Å². The molecule has 2 radical (unpaired) electrons. The van der Waals surface area contributed by atoms with Gasteiger partial charge in [-0.3, -0.25) is 4.98 Å². The van der Waals surface area contributed by atoms with E-state index >= 15 is 0 Å². The average Bonchev–Trinajstić information content (AvgIpc) is 1.91. The minimum Gasteiger partial charge on any atom is -0.261 e. The zero-order valence-corrected chi connectivity index (χ0v) is 4.83. The Balaban J connectivity index is 3.12. The molecule has 0 saturated heterocycles. The number of thiazole rings is 1. The van der Waals surface area contributed by atoms with E-state index in [1.807, 2.05) is 6.92 Å². The maximum Gasteiger partial charge on any atom is 0.143 e. The van der Waals surface area contributed by atoms with E-state index in [0.29, 0.717) is 5.59 Å². The molecule has 0 amide bonds. The van der Waals surface area contributed by atoms with E-state index in [1.165, 1.54) is 0 Å². The van der Waals surface area contributed by atoms with E-state index in [9.17, 15) is 0 Å². The van der Waals surface area contributed by atoms with Crippen molar-refractivity contribution in [3.63, 3.8) is 0 Å². The summed E-state index contributed by atoms with van der Waals surface area (Å²) in [5.41, 5.74) is 2.40. The minimum absolute atomic E-state index is 0.657. The predicted molar refractivity (Wildman–Crippen MR) is 32.2 cm³/mol. The summed E-state index contributed by atoms with van der Waals surface area (Å²) in [7, 11) is 5.34. The molecule has 1 rings (SSSR count). The fourth-order valence-electron chi connectivity index (χ4n) is 0.313. The highest BCUT2D eigenvalue weighted by Crippen LogP contribution is 1.96. The van der Waals surface area contributed by atoms with Gasteiger partial charge in [0.1, 0.15) is 7.85 Å². The van der Waals surface area contributed by atoms with Crippen LogP contribution in [0.2, 0.25) is 0 Å². The molecule has 0 aliphatic carbocycles. The summed E-state index contributed by atoms with van der Waals surface area (Å²) in [5.74, 6) is 0. The van der Waals surface area contributed by atoms with Crippen molar-refractivity contribution in [3.05, 3.63) is 10.4 Å². The predicted octanol–water partition coefficient (Wildman–Crippen LogP) is 0.245. The third kappa shape index (κ3) is 0.827. The molecule has 0 atom stereocenters. The highest BCUT2D eigenvalue weighted by Gasteiger charge is 1.88. The summed E-state index contributed by atoms with van der Waals surface area (Å²) in [6.07, 6.45) is 0. The van der Waals surface area contributed by atoms with E-state index in [4.69, 9.17) is 7.85 Å². The summed E-state index contributed by atoms with van der Waals surface area (Å²) < 4.78 is 0. The molecule has 1 aromatic rings. The van der Waals surface area contributed by atoms with Crippen molar-refractivity contribution in [1.29, 1.82) is 0 Å². The van der Waals surface area contributed by atoms with Crippen molar-refractivity contribution in [2.45, 2.75) is 6.92 Å². The molecule has 0 aliphatic rings. The van der Waals surface area contributed by atoms with Crippen molar-refractivity contribution >= 4 is 24.8 Å². The van der Waals surface area contributed by atoms with Gasteiger partial charge in [-0.15, -0.1) is 11.3 Å². The van der Waals surface area contributed by atoms with Gasteiger partial charge in [0.15, 0.2) is 0 Å². The Morgan fingerprint density at radius 2 is 2.57 bits per heavy atom. The Morgan fingerprint density at radius 3 is 2.71 bits per heavy atom. The standard InChI is InChI=1S/C4H4BNS/c1-3-4(5)6-2-7-3/h2H,1H3. The number of hydrogen-bond acceptors (Lipinski definition) is 2. The quantitative estimate of drug-likeness (QED) is 0.435. The Labute approximate surface area is 47.8 Å². The van der Waals surface area contributed by atoms with Crippen LogP contribution in [0, 0.1) is 6.92 Å². The molecule has 1 heterocycles. The molecule has 0 bridgehead atoms. The summed E-state index contributed by atoms with van der Waals surface area (Å²) in [6, 6.07) is 0. The number of nitrogens with zero attached hydrogens (tertiary/aromatic N) is 1. The molecule has 1 nitrogen and oxygen atoms in total. The van der Waals surface area contributed by atoms with E-state index in [-0.39, 0.29) is 0 Å². The van der Waals surface area contributed by atoms with Gasteiger partial charge >= 0.3 is 0 Å². The molecule has 0 spiro atoms. The van der Waals surface area contributed by atoms with Crippen LogP contribution in [0.3, 0.4) is 0 Å². The van der Waals surface area contributed by atoms with Gasteiger partial charge in [0.2, 0.25) is 0 Å². The second kappa shape index (κ2) is 1.66. The second-order valence-electron chi connectivity index (χ2n) is 1.29. The largest absolute Gasteiger partial charge is 0.261 e. The summed E-state index contributed by atoms with van der Waals surface area (Å²) in [5, 5.41) is 0. The van der Waals surface area contributed by atoms with Crippen LogP contribution in [-0.4, -0.2) is 12.8 Å². The van der Waals surface area contributed by atoms with Crippen LogP contribution >= 0.6 is 11.3 Å². The van der Waals surface area contributed by atoms with Crippen LogP contribution in [0.25, 0.3) is 0 Å². The summed E-state index contributed by atoms with van der Waals surface area (Å²) >= 11 is 1.57. The van der Waals surface area contributed by atoms with Gasteiger partial charge < -0.3 is 0 Å². The van der Waals surface area contributed by atoms with Crippen LogP contribution in [0.15, 0.2) is 5.51 Å². The molecule has 34 valence electrons. The van der Waals surface area contributed by atoms with Crippen LogP contribution in [0.4, 0.5) is 0 Å². The van der Waals surface area contributed by atoms with Crippen LogP contribution in [0.1, 0.15) is 4.88 Å². The van der Waals surface area contributed by atoms with Gasteiger partial charge in [-0.25, -0.2) is 0 Å². The van der Waals surface area contributed by atoms with Crippen LogP contribution < -0.4 is 5.59 Å². The summed E-state index contributed by atoms with van der Waals surface area (Å²) in [6.45, 7) is 1.95. The van der Waals surface area contributed by atoms with Gasteiger partial charge in [0, 0.05) is 10.5 Å². The first-order chi connectivity index (χ1) is 3.30. The first kappa shape index (κ1) is 4.84. The highest BCUT2D eigenvalue weighted by molar-refractivity contribution is 7.10. The molecule has 0 fully saturated rings. The molecular formula is C4H4BNS. The van der Waals surface area contributed by atoms with E-state index in [2.05, 4.69) is 4.98 Å². The Kier molecular flexibility index (Phi) is 1.15. The molecule has 0 N–H and O–H groups in total. The third-order valence-electron chi connectivity index (χ3n) is 0.782. The lowest BCUT2D eigenvalue weighted by atomic mass is 10.0. The van der Waals surface area contributed by atoms with Gasteiger partial charge in [-0.05, 0) is 6.92 Å². The Bertz CT molecular complexity index is 144. The van der Waals surface area contributed by atoms with Gasteiger partial charge in [0.25, 0.3) is 0 Å². The van der Waals surface area contributed by atoms with Crippen molar-refractivity contribution in [2.24, 2.45) is 0 Å². The lowest BCUT2D eigenvalue weighted by Gasteiger charge is -1.78. The van der Waals surface area contributed by atoms with E-state index < -0.39 is 0 Å². The van der Waals surface area contributed by atoms with Crippen molar-refractivity contribution in [2.75, 3.05) is 0 Å². The fraction of sp³-hybridized carbons (Fsp3) is 0.250. The molecule has 0 aliphatic heterocycles. The van der Waals surface area contributed by atoms with Crippen molar-refractivity contribution in [3.8, 4) is 0 Å². The molecule has 0 aromatic carbocycles. The fourth-order valence-corrected chi connectivity index (χ4v) is 0.811. The molecule has 3 heteroatoms. The molecular weight excluding hydrogens is 105 g/mol. The zero-order chi connectivity index (χ0) is 5.28. The number of aryl methyl sites for hydroxylation is 1. The van der Waals surface area contributed by atoms with Crippen molar-refractivity contribution < 1.29 is 0 Å². The van der Waals surface area contributed by atoms with E-state index in [0.717, 1.165) is 4.88 Å². The molecule has 1 aromatic heterocycles. The van der Waals surface area contributed by atoms with Gasteiger partial charge in [-0.2, -0.15) is 0 Å². The van der Waals surface area contributed by atoms with Crippen LogP contribution in [0.5, 0.6) is 0 Å². The van der Waals surface area contributed by atoms with E-state index in [1.54, 1.807) is 16.8 Å². The molecule has 0 unspecified atom stereocenters. The zero-order valence-electron chi connectivity index (χ0n) is 4.01. The number of aromatic nitrogens is 1. The summed E-state index contributed by atoms with van der Waals surface area (Å²) in [4.78, 5) is 4.91. The first-order valence-corrected chi connectivity index (χ1v) is 2.84. The smallest absolute Gasteiger partial charge is 0.143 e. The van der Waals surface area contributed by atoms with Gasteiger partial charge in [0.05, 0.1) is 5.51 Å². The molecule has 7 heavy (non-hydrogen) atoms.